The zero-order valence-corrected chi connectivity index (χ0v) is 20.1. The average Bonchev–Trinajstić information content (AvgIpc) is 2.81. The number of carboxylic acid groups (broad SMARTS) is 1. The molecule has 1 saturated heterocycles. The number of piperidine rings is 1. The maximum absolute atomic E-state index is 11.1. The molecule has 0 aromatic heterocycles. The summed E-state index contributed by atoms with van der Waals surface area (Å²) in [6, 6.07) is 18.9. The van der Waals surface area contributed by atoms with Crippen LogP contribution in [-0.4, -0.2) is 42.7 Å². The first-order valence-corrected chi connectivity index (χ1v) is 12.0. The maximum Gasteiger partial charge on any atom is 0.303 e. The highest BCUT2D eigenvalue weighted by atomic mass is 16.5. The lowest BCUT2D eigenvalue weighted by molar-refractivity contribution is -0.136. The monoisotopic (exact) mass is 445 g/mol. The Labute approximate surface area is 197 Å². The molecule has 1 N–H and O–H groups in total. The smallest absolute Gasteiger partial charge is 0.303 e. The second kappa shape index (κ2) is 9.96. The van der Waals surface area contributed by atoms with E-state index >= 15 is 0 Å². The van der Waals surface area contributed by atoms with Crippen molar-refractivity contribution in [3.05, 3.63) is 65.7 Å². The van der Waals surface area contributed by atoms with Gasteiger partial charge in [0.15, 0.2) is 0 Å². The van der Waals surface area contributed by atoms with E-state index in [-0.39, 0.29) is 6.42 Å². The van der Waals surface area contributed by atoms with Gasteiger partial charge in [0.1, 0.15) is 5.75 Å². The van der Waals surface area contributed by atoms with E-state index in [2.05, 4.69) is 55.1 Å². The first-order valence-electron chi connectivity index (χ1n) is 12.0. The zero-order chi connectivity index (χ0) is 23.4. The Kier molecular flexibility index (Phi) is 7.04. The number of benzene rings is 3. The van der Waals surface area contributed by atoms with E-state index in [0.29, 0.717) is 11.8 Å². The highest BCUT2D eigenvalue weighted by Crippen LogP contribution is 2.39. The van der Waals surface area contributed by atoms with Crippen LogP contribution >= 0.6 is 0 Å². The van der Waals surface area contributed by atoms with E-state index in [0.717, 1.165) is 59.3 Å². The standard InChI is InChI=1S/C29H35NO3/c1-29(2)16-19-30(20-17-29)18-15-22-8-5-12-26(33-3)28(22)25-11-6-9-23-21(13-14-27(31)32)7-4-10-24(23)25/h4-12H,13-20H2,1-3H3,(H,31,32). The number of carbonyl (C=O) groups is 1. The molecule has 0 aliphatic carbocycles. The quantitative estimate of drug-likeness (QED) is 0.449. The van der Waals surface area contributed by atoms with Crippen molar-refractivity contribution in [1.82, 2.24) is 4.90 Å². The Morgan fingerprint density at radius 1 is 0.939 bits per heavy atom. The van der Waals surface area contributed by atoms with Gasteiger partial charge in [-0.2, -0.15) is 0 Å². The molecular formula is C29H35NO3. The lowest BCUT2D eigenvalue weighted by Crippen LogP contribution is -2.38. The average molecular weight is 446 g/mol. The largest absolute Gasteiger partial charge is 0.496 e. The Bertz CT molecular complexity index is 1120. The van der Waals surface area contributed by atoms with Gasteiger partial charge in [0.05, 0.1) is 7.11 Å². The summed E-state index contributed by atoms with van der Waals surface area (Å²) in [6.45, 7) is 8.11. The number of hydrogen-bond donors (Lipinski definition) is 1. The molecule has 3 aromatic carbocycles. The third-order valence-corrected chi connectivity index (χ3v) is 7.13. The molecular weight excluding hydrogens is 410 g/mol. The van der Waals surface area contributed by atoms with E-state index in [1.165, 1.54) is 18.4 Å². The van der Waals surface area contributed by atoms with Crippen LogP contribution < -0.4 is 4.74 Å². The van der Waals surface area contributed by atoms with Gasteiger partial charge in [0, 0.05) is 18.5 Å². The Morgan fingerprint density at radius 2 is 1.61 bits per heavy atom. The van der Waals surface area contributed by atoms with Crippen LogP contribution in [0.4, 0.5) is 0 Å². The minimum atomic E-state index is -0.767. The van der Waals surface area contributed by atoms with Crippen molar-refractivity contribution < 1.29 is 14.6 Å². The molecule has 1 heterocycles. The highest BCUT2D eigenvalue weighted by molar-refractivity contribution is 6.00. The molecule has 0 amide bonds. The normalized spacial score (nSPS) is 16.1. The van der Waals surface area contributed by atoms with E-state index in [1.807, 2.05) is 18.2 Å². The summed E-state index contributed by atoms with van der Waals surface area (Å²) in [6.07, 6.45) is 4.14. The number of methoxy groups -OCH3 is 1. The topological polar surface area (TPSA) is 49.8 Å². The molecule has 0 unspecified atom stereocenters. The molecule has 33 heavy (non-hydrogen) atoms. The number of aliphatic carboxylic acids is 1. The molecule has 4 heteroatoms. The van der Waals surface area contributed by atoms with Gasteiger partial charge in [-0.15, -0.1) is 0 Å². The van der Waals surface area contributed by atoms with E-state index < -0.39 is 5.97 Å². The predicted molar refractivity (Wildman–Crippen MR) is 135 cm³/mol. The Morgan fingerprint density at radius 3 is 2.33 bits per heavy atom. The molecule has 0 atom stereocenters. The van der Waals surface area contributed by atoms with Gasteiger partial charge < -0.3 is 14.7 Å². The first kappa shape index (κ1) is 23.3. The van der Waals surface area contributed by atoms with Crippen molar-refractivity contribution in [2.45, 2.75) is 46.0 Å². The molecule has 1 fully saturated rings. The summed E-state index contributed by atoms with van der Waals surface area (Å²) in [7, 11) is 1.73. The van der Waals surface area contributed by atoms with Crippen molar-refractivity contribution in [2.75, 3.05) is 26.7 Å². The van der Waals surface area contributed by atoms with Crippen molar-refractivity contribution in [1.29, 1.82) is 0 Å². The maximum atomic E-state index is 11.1. The second-order valence-corrected chi connectivity index (χ2v) is 9.96. The summed E-state index contributed by atoms with van der Waals surface area (Å²) in [4.78, 5) is 13.7. The molecule has 4 nitrogen and oxygen atoms in total. The van der Waals surface area contributed by atoms with Gasteiger partial charge in [-0.1, -0.05) is 62.4 Å². The molecule has 0 spiro atoms. The number of fused-ring (bicyclic) bond motifs is 1. The van der Waals surface area contributed by atoms with Crippen LogP contribution in [0.15, 0.2) is 54.6 Å². The van der Waals surface area contributed by atoms with E-state index in [9.17, 15) is 4.79 Å². The van der Waals surface area contributed by atoms with Gasteiger partial charge in [-0.05, 0) is 77.7 Å². The Balaban J connectivity index is 1.68. The number of ether oxygens (including phenoxy) is 1. The first-order chi connectivity index (χ1) is 15.9. The van der Waals surface area contributed by atoms with Gasteiger partial charge >= 0.3 is 5.97 Å². The third-order valence-electron chi connectivity index (χ3n) is 7.13. The summed E-state index contributed by atoms with van der Waals surface area (Å²) in [5, 5.41) is 11.4. The summed E-state index contributed by atoms with van der Waals surface area (Å²) >= 11 is 0. The van der Waals surface area contributed by atoms with Gasteiger partial charge in [-0.25, -0.2) is 0 Å². The molecule has 4 rings (SSSR count). The molecule has 0 saturated carbocycles. The number of nitrogens with zero attached hydrogens (tertiary/aromatic N) is 1. The van der Waals surface area contributed by atoms with Crippen LogP contribution in [-0.2, 0) is 17.6 Å². The molecule has 1 aliphatic rings. The van der Waals surface area contributed by atoms with Crippen LogP contribution in [0.2, 0.25) is 0 Å². The van der Waals surface area contributed by atoms with Crippen molar-refractivity contribution in [3.8, 4) is 16.9 Å². The fraction of sp³-hybridized carbons (Fsp3) is 0.414. The van der Waals surface area contributed by atoms with E-state index in [4.69, 9.17) is 9.84 Å². The number of carboxylic acids is 1. The molecule has 3 aromatic rings. The van der Waals surface area contributed by atoms with Crippen LogP contribution in [0.5, 0.6) is 5.75 Å². The lowest BCUT2D eigenvalue weighted by atomic mass is 9.82. The minimum absolute atomic E-state index is 0.135. The number of hydrogen-bond acceptors (Lipinski definition) is 3. The van der Waals surface area contributed by atoms with Gasteiger partial charge in [-0.3, -0.25) is 4.79 Å². The SMILES string of the molecule is COc1cccc(CCN2CCC(C)(C)CC2)c1-c1cccc2c(CCC(=O)O)cccc12. The third kappa shape index (κ3) is 5.39. The second-order valence-electron chi connectivity index (χ2n) is 9.96. The fourth-order valence-electron chi connectivity index (χ4n) is 4.97. The van der Waals surface area contributed by atoms with Gasteiger partial charge in [0.25, 0.3) is 0 Å². The number of rotatable bonds is 8. The molecule has 174 valence electrons. The van der Waals surface area contributed by atoms with Gasteiger partial charge in [0.2, 0.25) is 0 Å². The van der Waals surface area contributed by atoms with Crippen LogP contribution in [0, 0.1) is 5.41 Å². The van der Waals surface area contributed by atoms with E-state index in [1.54, 1.807) is 7.11 Å². The fourth-order valence-corrected chi connectivity index (χ4v) is 4.97. The zero-order valence-electron chi connectivity index (χ0n) is 20.1. The van der Waals surface area contributed by atoms with Crippen molar-refractivity contribution in [3.63, 3.8) is 0 Å². The highest BCUT2D eigenvalue weighted by Gasteiger charge is 2.25. The van der Waals surface area contributed by atoms with Crippen LogP contribution in [0.1, 0.15) is 44.2 Å². The lowest BCUT2D eigenvalue weighted by Gasteiger charge is -2.37. The number of aryl methyl sites for hydroxylation is 1. The molecule has 0 bridgehead atoms. The summed E-state index contributed by atoms with van der Waals surface area (Å²) < 4.78 is 5.83. The van der Waals surface area contributed by atoms with Crippen molar-refractivity contribution >= 4 is 16.7 Å². The minimum Gasteiger partial charge on any atom is -0.496 e. The van der Waals surface area contributed by atoms with Crippen LogP contribution in [0.25, 0.3) is 21.9 Å². The van der Waals surface area contributed by atoms with Crippen LogP contribution in [0.3, 0.4) is 0 Å². The van der Waals surface area contributed by atoms with Crippen molar-refractivity contribution in [2.24, 2.45) is 5.41 Å². The Hall–Kier alpha value is -2.85. The molecule has 0 radical (unpaired) electrons. The molecule has 1 aliphatic heterocycles. The summed E-state index contributed by atoms with van der Waals surface area (Å²) in [5.74, 6) is 0.118. The summed E-state index contributed by atoms with van der Waals surface area (Å²) in [5.41, 5.74) is 5.13. The predicted octanol–water partition coefficient (Wildman–Crippen LogP) is 6.20. The number of likely N-dealkylation sites (tertiary alicyclic amines) is 1.